The maximum Gasteiger partial charge on any atom is 0.122 e. The molecule has 0 atom stereocenters. The maximum absolute atomic E-state index is 5.58. The van der Waals surface area contributed by atoms with Crippen molar-refractivity contribution in [2.45, 2.75) is 39.4 Å². The molecule has 2 aromatic heterocycles. The standard InChI is InChI=1S/C16H24N2OS/c1-13(2)17-11-16-14(7-9-19-16)12-18(3)8-6-15-5-4-10-20-15/h4-5,7,9-10,13,17H,6,8,11-12H2,1-3H3. The Labute approximate surface area is 125 Å². The number of hydrogen-bond donors (Lipinski definition) is 1. The highest BCUT2D eigenvalue weighted by atomic mass is 32.1. The van der Waals surface area contributed by atoms with Crippen molar-refractivity contribution in [1.29, 1.82) is 0 Å². The van der Waals surface area contributed by atoms with Gasteiger partial charge in [-0.15, -0.1) is 11.3 Å². The second kappa shape index (κ2) is 7.62. The van der Waals surface area contributed by atoms with Crippen LogP contribution in [0.2, 0.25) is 0 Å². The van der Waals surface area contributed by atoms with Crippen LogP contribution < -0.4 is 5.32 Å². The van der Waals surface area contributed by atoms with Crippen LogP contribution >= 0.6 is 11.3 Å². The van der Waals surface area contributed by atoms with Crippen molar-refractivity contribution in [3.8, 4) is 0 Å². The zero-order chi connectivity index (χ0) is 14.4. The van der Waals surface area contributed by atoms with Gasteiger partial charge in [0.05, 0.1) is 12.8 Å². The largest absolute Gasteiger partial charge is 0.468 e. The number of nitrogens with one attached hydrogen (secondary N) is 1. The molecular formula is C16H24N2OS. The molecule has 0 radical (unpaired) electrons. The van der Waals surface area contributed by atoms with Crippen molar-refractivity contribution in [1.82, 2.24) is 10.2 Å². The molecule has 110 valence electrons. The predicted molar refractivity (Wildman–Crippen MR) is 85.0 cm³/mol. The third kappa shape index (κ3) is 4.78. The third-order valence-electron chi connectivity index (χ3n) is 3.27. The summed E-state index contributed by atoms with van der Waals surface area (Å²) in [5, 5.41) is 5.55. The maximum atomic E-state index is 5.58. The quantitative estimate of drug-likeness (QED) is 0.807. The summed E-state index contributed by atoms with van der Waals surface area (Å²) in [7, 11) is 2.17. The lowest BCUT2D eigenvalue weighted by Crippen LogP contribution is -2.24. The van der Waals surface area contributed by atoms with E-state index in [-0.39, 0.29) is 0 Å². The van der Waals surface area contributed by atoms with Crippen LogP contribution in [0.3, 0.4) is 0 Å². The highest BCUT2D eigenvalue weighted by Gasteiger charge is 2.09. The van der Waals surface area contributed by atoms with E-state index in [9.17, 15) is 0 Å². The fourth-order valence-electron chi connectivity index (χ4n) is 2.09. The molecule has 0 aliphatic rings. The van der Waals surface area contributed by atoms with Gasteiger partial charge in [-0.25, -0.2) is 0 Å². The van der Waals surface area contributed by atoms with Gasteiger partial charge in [-0.2, -0.15) is 0 Å². The molecule has 0 aliphatic carbocycles. The van der Waals surface area contributed by atoms with Gasteiger partial charge in [0.1, 0.15) is 5.76 Å². The van der Waals surface area contributed by atoms with Gasteiger partial charge in [-0.1, -0.05) is 19.9 Å². The Morgan fingerprint density at radius 3 is 2.90 bits per heavy atom. The van der Waals surface area contributed by atoms with Crippen LogP contribution in [0.15, 0.2) is 34.3 Å². The van der Waals surface area contributed by atoms with Gasteiger partial charge in [0.25, 0.3) is 0 Å². The van der Waals surface area contributed by atoms with E-state index < -0.39 is 0 Å². The Kier molecular flexibility index (Phi) is 5.83. The minimum absolute atomic E-state index is 0.476. The minimum Gasteiger partial charge on any atom is -0.468 e. The Morgan fingerprint density at radius 2 is 2.20 bits per heavy atom. The molecule has 0 saturated carbocycles. The minimum atomic E-state index is 0.476. The van der Waals surface area contributed by atoms with Gasteiger partial charge < -0.3 is 14.6 Å². The van der Waals surface area contributed by atoms with Crippen molar-refractivity contribution >= 4 is 11.3 Å². The molecule has 20 heavy (non-hydrogen) atoms. The summed E-state index contributed by atoms with van der Waals surface area (Å²) in [6.45, 7) is 7.12. The number of rotatable bonds is 8. The van der Waals surface area contributed by atoms with Crippen molar-refractivity contribution in [3.05, 3.63) is 46.0 Å². The molecule has 1 N–H and O–H groups in total. The van der Waals surface area contributed by atoms with E-state index in [1.54, 1.807) is 6.26 Å². The molecule has 0 unspecified atom stereocenters. The Balaban J connectivity index is 1.81. The Bertz CT molecular complexity index is 490. The SMILES string of the molecule is CC(C)NCc1occc1CN(C)CCc1cccs1. The molecule has 2 rings (SSSR count). The first-order valence-electron chi connectivity index (χ1n) is 7.14. The molecule has 0 aliphatic heterocycles. The van der Waals surface area contributed by atoms with E-state index in [4.69, 9.17) is 4.42 Å². The molecule has 0 spiro atoms. The average Bonchev–Trinajstić information content (AvgIpc) is 3.05. The van der Waals surface area contributed by atoms with Crippen molar-refractivity contribution in [2.75, 3.05) is 13.6 Å². The zero-order valence-corrected chi connectivity index (χ0v) is 13.4. The molecule has 2 aromatic rings. The van der Waals surface area contributed by atoms with Crippen LogP contribution in [0, 0.1) is 0 Å². The van der Waals surface area contributed by atoms with Crippen LogP contribution in [0.1, 0.15) is 30.0 Å². The lowest BCUT2D eigenvalue weighted by molar-refractivity contribution is 0.327. The van der Waals surface area contributed by atoms with E-state index in [0.717, 1.165) is 31.8 Å². The highest BCUT2D eigenvalue weighted by Crippen LogP contribution is 2.14. The fraction of sp³-hybridized carbons (Fsp3) is 0.500. The predicted octanol–water partition coefficient (Wildman–Crippen LogP) is 3.51. The van der Waals surface area contributed by atoms with E-state index in [1.807, 2.05) is 11.3 Å². The van der Waals surface area contributed by atoms with Crippen LogP contribution in [-0.4, -0.2) is 24.5 Å². The second-order valence-electron chi connectivity index (χ2n) is 5.47. The van der Waals surface area contributed by atoms with Crippen LogP contribution in [0.25, 0.3) is 0 Å². The first-order valence-corrected chi connectivity index (χ1v) is 8.02. The van der Waals surface area contributed by atoms with Gasteiger partial charge >= 0.3 is 0 Å². The summed E-state index contributed by atoms with van der Waals surface area (Å²) in [5.74, 6) is 1.06. The molecule has 0 amide bonds. The van der Waals surface area contributed by atoms with Gasteiger partial charge in [0.15, 0.2) is 0 Å². The topological polar surface area (TPSA) is 28.4 Å². The van der Waals surface area contributed by atoms with E-state index in [2.05, 4.69) is 54.7 Å². The molecule has 0 fully saturated rings. The molecule has 0 aromatic carbocycles. The Morgan fingerprint density at radius 1 is 1.35 bits per heavy atom. The van der Waals surface area contributed by atoms with Gasteiger partial charge in [-0.05, 0) is 31.0 Å². The van der Waals surface area contributed by atoms with Gasteiger partial charge in [0, 0.05) is 29.6 Å². The summed E-state index contributed by atoms with van der Waals surface area (Å²) in [5.41, 5.74) is 1.28. The average molecular weight is 292 g/mol. The molecular weight excluding hydrogens is 268 g/mol. The van der Waals surface area contributed by atoms with Crippen molar-refractivity contribution < 1.29 is 4.42 Å². The molecule has 3 nitrogen and oxygen atoms in total. The van der Waals surface area contributed by atoms with E-state index in [1.165, 1.54) is 10.4 Å². The number of likely N-dealkylation sites (N-methyl/N-ethyl adjacent to an activating group) is 1. The number of hydrogen-bond acceptors (Lipinski definition) is 4. The highest BCUT2D eigenvalue weighted by molar-refractivity contribution is 7.09. The first-order chi connectivity index (χ1) is 9.65. The first kappa shape index (κ1) is 15.3. The Hall–Kier alpha value is -1.10. The van der Waals surface area contributed by atoms with Crippen molar-refractivity contribution in [3.63, 3.8) is 0 Å². The van der Waals surface area contributed by atoms with E-state index >= 15 is 0 Å². The normalized spacial score (nSPS) is 11.7. The fourth-order valence-corrected chi connectivity index (χ4v) is 2.78. The van der Waals surface area contributed by atoms with Gasteiger partial charge in [0.2, 0.25) is 0 Å². The lowest BCUT2D eigenvalue weighted by atomic mass is 10.2. The van der Waals surface area contributed by atoms with Gasteiger partial charge in [-0.3, -0.25) is 0 Å². The summed E-state index contributed by atoms with van der Waals surface area (Å²) < 4.78 is 5.58. The zero-order valence-electron chi connectivity index (χ0n) is 12.6. The van der Waals surface area contributed by atoms with Crippen LogP contribution in [-0.2, 0) is 19.5 Å². The molecule has 2 heterocycles. The summed E-state index contributed by atoms with van der Waals surface area (Å²) >= 11 is 1.83. The second-order valence-corrected chi connectivity index (χ2v) is 6.50. The molecule has 4 heteroatoms. The molecule has 0 saturated heterocycles. The monoisotopic (exact) mass is 292 g/mol. The molecule has 0 bridgehead atoms. The summed E-state index contributed by atoms with van der Waals surface area (Å²) in [6.07, 6.45) is 2.91. The number of nitrogens with zero attached hydrogens (tertiary/aromatic N) is 1. The van der Waals surface area contributed by atoms with E-state index in [0.29, 0.717) is 6.04 Å². The summed E-state index contributed by atoms with van der Waals surface area (Å²) in [4.78, 5) is 3.80. The van der Waals surface area contributed by atoms with Crippen LogP contribution in [0.4, 0.5) is 0 Å². The lowest BCUT2D eigenvalue weighted by Gasteiger charge is -2.16. The summed E-state index contributed by atoms with van der Waals surface area (Å²) in [6, 6.07) is 6.88. The third-order valence-corrected chi connectivity index (χ3v) is 4.21. The number of furan rings is 1. The van der Waals surface area contributed by atoms with Crippen LogP contribution in [0.5, 0.6) is 0 Å². The smallest absolute Gasteiger partial charge is 0.122 e. The van der Waals surface area contributed by atoms with Crippen molar-refractivity contribution in [2.24, 2.45) is 0 Å². The number of thiophene rings is 1.